The van der Waals surface area contributed by atoms with E-state index in [0.717, 1.165) is 12.1 Å². The molecule has 6 heteroatoms. The molecule has 1 aliphatic heterocycles. The zero-order chi connectivity index (χ0) is 13.3. The van der Waals surface area contributed by atoms with Crippen molar-refractivity contribution < 1.29 is 27.4 Å². The second kappa shape index (κ2) is 4.36. The van der Waals surface area contributed by atoms with Gasteiger partial charge in [-0.05, 0) is 19.1 Å². The fraction of sp³-hybridized carbons (Fsp3) is 0.250. The number of benzene rings is 1. The number of halogens is 3. The molecule has 0 saturated heterocycles. The molecule has 2 rings (SSSR count). The van der Waals surface area contributed by atoms with Crippen molar-refractivity contribution in [3.05, 3.63) is 35.2 Å². The van der Waals surface area contributed by atoms with Gasteiger partial charge in [-0.2, -0.15) is 8.78 Å². The summed E-state index contributed by atoms with van der Waals surface area (Å²) in [4.78, 5) is 11.4. The minimum absolute atomic E-state index is 0.0394. The van der Waals surface area contributed by atoms with Gasteiger partial charge in [-0.25, -0.2) is 9.18 Å². The highest BCUT2D eigenvalue weighted by molar-refractivity contribution is 5.96. The highest BCUT2D eigenvalue weighted by Gasteiger charge is 2.46. The van der Waals surface area contributed by atoms with Crippen molar-refractivity contribution in [3.63, 3.8) is 0 Å². The Labute approximate surface area is 101 Å². The molecule has 1 heterocycles. The Balaban J connectivity index is 2.49. The average molecular weight is 258 g/mol. The van der Waals surface area contributed by atoms with E-state index in [4.69, 9.17) is 0 Å². The number of ether oxygens (including phenoxy) is 2. The van der Waals surface area contributed by atoms with Crippen LogP contribution in [-0.2, 0) is 9.53 Å². The summed E-state index contributed by atoms with van der Waals surface area (Å²) in [6, 6.07) is 3.70. The molecular formula is C12H9F3O3. The fourth-order valence-corrected chi connectivity index (χ4v) is 1.56. The molecule has 18 heavy (non-hydrogen) atoms. The lowest BCUT2D eigenvalue weighted by Gasteiger charge is -2.25. The van der Waals surface area contributed by atoms with E-state index < -0.39 is 29.2 Å². The Kier molecular flexibility index (Phi) is 3.02. The van der Waals surface area contributed by atoms with Crippen LogP contribution in [0.2, 0.25) is 0 Å². The highest BCUT2D eigenvalue weighted by Crippen LogP contribution is 2.39. The summed E-state index contributed by atoms with van der Waals surface area (Å²) >= 11 is 0. The quantitative estimate of drug-likeness (QED) is 0.765. The zero-order valence-electron chi connectivity index (χ0n) is 9.38. The first-order valence-electron chi connectivity index (χ1n) is 5.20. The summed E-state index contributed by atoms with van der Waals surface area (Å²) in [6.07, 6.45) is -3.03. The molecule has 0 fully saturated rings. The highest BCUT2D eigenvalue weighted by atomic mass is 19.3. The van der Waals surface area contributed by atoms with Gasteiger partial charge in [-0.1, -0.05) is 12.1 Å². The van der Waals surface area contributed by atoms with E-state index >= 15 is 0 Å². The predicted molar refractivity (Wildman–Crippen MR) is 56.6 cm³/mol. The van der Waals surface area contributed by atoms with E-state index in [1.165, 1.54) is 19.1 Å². The Morgan fingerprint density at radius 1 is 1.44 bits per heavy atom. The van der Waals surface area contributed by atoms with E-state index in [2.05, 4.69) is 9.47 Å². The minimum atomic E-state index is -3.90. The van der Waals surface area contributed by atoms with Gasteiger partial charge in [-0.15, -0.1) is 0 Å². The standard InChI is InChI=1S/C12H9F3O3/c1-2-17-11(16)8-6-7-4-3-5-9(13)10(7)18-12(8,14)15/h3-6H,2H2,1H3. The van der Waals surface area contributed by atoms with Crippen LogP contribution in [0.4, 0.5) is 13.2 Å². The molecule has 96 valence electrons. The molecule has 1 aromatic rings. The topological polar surface area (TPSA) is 35.5 Å². The lowest BCUT2D eigenvalue weighted by molar-refractivity contribution is -0.166. The predicted octanol–water partition coefficient (Wildman–Crippen LogP) is 2.76. The molecule has 0 spiro atoms. The number of rotatable bonds is 2. The third-order valence-corrected chi connectivity index (χ3v) is 2.34. The van der Waals surface area contributed by atoms with Crippen molar-refractivity contribution in [2.75, 3.05) is 6.61 Å². The zero-order valence-corrected chi connectivity index (χ0v) is 9.38. The first-order chi connectivity index (χ1) is 8.45. The van der Waals surface area contributed by atoms with Crippen molar-refractivity contribution >= 4 is 12.0 Å². The SMILES string of the molecule is CCOC(=O)C1=Cc2cccc(F)c2OC1(F)F. The van der Waals surface area contributed by atoms with Gasteiger partial charge in [0.05, 0.1) is 6.61 Å². The normalized spacial score (nSPS) is 16.3. The average Bonchev–Trinajstić information content (AvgIpc) is 2.29. The third-order valence-electron chi connectivity index (χ3n) is 2.34. The van der Waals surface area contributed by atoms with Crippen LogP contribution in [-0.4, -0.2) is 18.7 Å². The number of carbonyl (C=O) groups is 1. The van der Waals surface area contributed by atoms with Gasteiger partial charge in [0.1, 0.15) is 5.57 Å². The number of esters is 1. The van der Waals surface area contributed by atoms with E-state index in [9.17, 15) is 18.0 Å². The molecule has 0 saturated carbocycles. The maximum Gasteiger partial charge on any atom is 0.433 e. The largest absolute Gasteiger partial charge is 0.462 e. The lowest BCUT2D eigenvalue weighted by atomic mass is 10.1. The van der Waals surface area contributed by atoms with Gasteiger partial charge in [0.2, 0.25) is 0 Å². The van der Waals surface area contributed by atoms with Crippen molar-refractivity contribution in [1.29, 1.82) is 0 Å². The molecule has 0 bridgehead atoms. The van der Waals surface area contributed by atoms with E-state index in [1.54, 1.807) is 0 Å². The summed E-state index contributed by atoms with van der Waals surface area (Å²) in [5.41, 5.74) is -0.869. The summed E-state index contributed by atoms with van der Waals surface area (Å²) in [5, 5.41) is 0. The molecule has 0 amide bonds. The van der Waals surface area contributed by atoms with Crippen LogP contribution in [0.25, 0.3) is 6.08 Å². The maximum atomic E-state index is 13.5. The van der Waals surface area contributed by atoms with Crippen LogP contribution in [0.1, 0.15) is 12.5 Å². The molecular weight excluding hydrogens is 249 g/mol. The second-order valence-corrected chi connectivity index (χ2v) is 3.56. The summed E-state index contributed by atoms with van der Waals surface area (Å²) in [5.74, 6) is -2.67. The van der Waals surface area contributed by atoms with Crippen LogP contribution in [0.15, 0.2) is 23.8 Å². The summed E-state index contributed by atoms with van der Waals surface area (Å²) in [6.45, 7) is 1.45. The minimum Gasteiger partial charge on any atom is -0.462 e. The Morgan fingerprint density at radius 2 is 2.17 bits per heavy atom. The van der Waals surface area contributed by atoms with Gasteiger partial charge in [0, 0.05) is 5.56 Å². The second-order valence-electron chi connectivity index (χ2n) is 3.56. The van der Waals surface area contributed by atoms with Gasteiger partial charge >= 0.3 is 12.1 Å². The van der Waals surface area contributed by atoms with Crippen molar-refractivity contribution in [2.24, 2.45) is 0 Å². The van der Waals surface area contributed by atoms with Crippen LogP contribution in [0.3, 0.4) is 0 Å². The Bertz CT molecular complexity index is 523. The van der Waals surface area contributed by atoms with E-state index in [0.29, 0.717) is 0 Å². The van der Waals surface area contributed by atoms with Crippen LogP contribution >= 0.6 is 0 Å². The first kappa shape index (κ1) is 12.5. The fourth-order valence-electron chi connectivity index (χ4n) is 1.56. The summed E-state index contributed by atoms with van der Waals surface area (Å²) in [7, 11) is 0. The van der Waals surface area contributed by atoms with Crippen molar-refractivity contribution in [1.82, 2.24) is 0 Å². The Hall–Kier alpha value is -1.98. The first-order valence-corrected chi connectivity index (χ1v) is 5.20. The number of para-hydroxylation sites is 1. The lowest BCUT2D eigenvalue weighted by Crippen LogP contribution is -2.35. The Morgan fingerprint density at radius 3 is 2.83 bits per heavy atom. The molecule has 0 aromatic heterocycles. The number of hydrogen-bond acceptors (Lipinski definition) is 3. The van der Waals surface area contributed by atoms with Crippen LogP contribution < -0.4 is 4.74 Å². The number of carbonyl (C=O) groups excluding carboxylic acids is 1. The van der Waals surface area contributed by atoms with E-state index in [1.807, 2.05) is 0 Å². The smallest absolute Gasteiger partial charge is 0.433 e. The molecule has 3 nitrogen and oxygen atoms in total. The molecule has 0 aliphatic carbocycles. The van der Waals surface area contributed by atoms with Crippen molar-refractivity contribution in [3.8, 4) is 5.75 Å². The van der Waals surface area contributed by atoms with Crippen LogP contribution in [0.5, 0.6) is 5.75 Å². The molecule has 0 radical (unpaired) electrons. The van der Waals surface area contributed by atoms with Gasteiger partial charge in [0.25, 0.3) is 0 Å². The number of fused-ring (bicyclic) bond motifs is 1. The van der Waals surface area contributed by atoms with Gasteiger partial charge < -0.3 is 9.47 Å². The van der Waals surface area contributed by atoms with Gasteiger partial charge in [0.15, 0.2) is 11.6 Å². The van der Waals surface area contributed by atoms with Crippen LogP contribution in [0, 0.1) is 5.82 Å². The summed E-state index contributed by atoms with van der Waals surface area (Å²) < 4.78 is 49.1. The molecule has 0 N–H and O–H groups in total. The molecule has 0 unspecified atom stereocenters. The maximum absolute atomic E-state index is 13.5. The van der Waals surface area contributed by atoms with Crippen molar-refractivity contribution in [2.45, 2.75) is 13.0 Å². The third kappa shape index (κ3) is 2.05. The number of alkyl halides is 2. The monoisotopic (exact) mass is 258 g/mol. The van der Waals surface area contributed by atoms with E-state index in [-0.39, 0.29) is 12.2 Å². The molecule has 0 atom stereocenters. The number of hydrogen-bond donors (Lipinski definition) is 0. The van der Waals surface area contributed by atoms with Gasteiger partial charge in [-0.3, -0.25) is 0 Å². The molecule has 1 aliphatic rings. The molecule has 1 aromatic carbocycles.